The van der Waals surface area contributed by atoms with Gasteiger partial charge >= 0.3 is 0 Å². The van der Waals surface area contributed by atoms with Gasteiger partial charge in [-0.25, -0.2) is 15.0 Å². The lowest BCUT2D eigenvalue weighted by Gasteiger charge is -2.23. The van der Waals surface area contributed by atoms with Crippen molar-refractivity contribution < 1.29 is 9.52 Å². The first kappa shape index (κ1) is 21.6. The largest absolute Gasteiger partial charge is 0.463 e. The van der Waals surface area contributed by atoms with Crippen LogP contribution in [0.5, 0.6) is 0 Å². The quantitative estimate of drug-likeness (QED) is 0.232. The van der Waals surface area contributed by atoms with Gasteiger partial charge in [-0.3, -0.25) is 0 Å². The molecule has 1 N–H and O–H groups in total. The highest BCUT2D eigenvalue weighted by Crippen LogP contribution is 2.44. The molecule has 0 radical (unpaired) electrons. The second kappa shape index (κ2) is 9.02. The van der Waals surface area contributed by atoms with Crippen LogP contribution in [-0.4, -0.2) is 39.5 Å². The predicted octanol–water partition coefficient (Wildman–Crippen LogP) is 5.71. The van der Waals surface area contributed by atoms with E-state index >= 15 is 0 Å². The van der Waals surface area contributed by atoms with Gasteiger partial charge in [-0.15, -0.1) is 11.3 Å². The van der Waals surface area contributed by atoms with Gasteiger partial charge in [0, 0.05) is 18.5 Å². The van der Waals surface area contributed by atoms with Crippen molar-refractivity contribution in [2.75, 3.05) is 24.3 Å². The molecule has 0 bridgehead atoms. The van der Waals surface area contributed by atoms with Gasteiger partial charge in [0.1, 0.15) is 10.5 Å². The number of anilines is 1. The zero-order chi connectivity index (χ0) is 23.1. The molecule has 1 aliphatic rings. The van der Waals surface area contributed by atoms with Crippen LogP contribution in [0.25, 0.3) is 31.9 Å². The van der Waals surface area contributed by atoms with E-state index in [9.17, 15) is 5.11 Å². The summed E-state index contributed by atoms with van der Waals surface area (Å²) in [7, 11) is 0. The molecule has 0 saturated carbocycles. The lowest BCUT2D eigenvalue weighted by Crippen LogP contribution is -2.27. The van der Waals surface area contributed by atoms with Gasteiger partial charge in [-0.2, -0.15) is 0 Å². The minimum absolute atomic E-state index is 0.0497. The van der Waals surface area contributed by atoms with Crippen molar-refractivity contribution in [3.63, 3.8) is 0 Å². The van der Waals surface area contributed by atoms with E-state index in [0.29, 0.717) is 13.1 Å². The SMILES string of the molecule is CSc1nc(N(CCO)Cc2ccccc2)c2sc3nc(-c4ccco4)c4c(c3c2n1)CCC4. The first-order valence-corrected chi connectivity index (χ1v) is 13.4. The Kier molecular flexibility index (Phi) is 5.72. The van der Waals surface area contributed by atoms with Gasteiger partial charge in [0.2, 0.25) is 0 Å². The monoisotopic (exact) mass is 488 g/mol. The average molecular weight is 489 g/mol. The number of furan rings is 1. The van der Waals surface area contributed by atoms with Crippen molar-refractivity contribution in [3.8, 4) is 11.5 Å². The van der Waals surface area contributed by atoms with Gasteiger partial charge in [0.05, 0.1) is 23.1 Å². The summed E-state index contributed by atoms with van der Waals surface area (Å²) >= 11 is 3.18. The van der Waals surface area contributed by atoms with Gasteiger partial charge in [0.25, 0.3) is 0 Å². The van der Waals surface area contributed by atoms with E-state index in [2.05, 4.69) is 17.0 Å². The fourth-order valence-electron chi connectivity index (χ4n) is 4.84. The third-order valence-corrected chi connectivity index (χ3v) is 7.93. The number of hydrogen-bond acceptors (Lipinski definition) is 8. The fourth-order valence-corrected chi connectivity index (χ4v) is 6.36. The van der Waals surface area contributed by atoms with Crippen LogP contribution in [0.3, 0.4) is 0 Å². The van der Waals surface area contributed by atoms with Crippen molar-refractivity contribution >= 4 is 49.3 Å². The van der Waals surface area contributed by atoms with Crippen LogP contribution in [-0.2, 0) is 19.4 Å². The Morgan fingerprint density at radius 1 is 1.06 bits per heavy atom. The zero-order valence-electron chi connectivity index (χ0n) is 18.8. The molecule has 1 aliphatic carbocycles. The second-order valence-electron chi connectivity index (χ2n) is 8.37. The Balaban J connectivity index is 1.59. The average Bonchev–Trinajstić information content (AvgIpc) is 3.62. The van der Waals surface area contributed by atoms with Crippen molar-refractivity contribution in [3.05, 3.63) is 65.4 Å². The topological polar surface area (TPSA) is 75.3 Å². The number of benzene rings is 1. The van der Waals surface area contributed by atoms with E-state index in [1.165, 1.54) is 16.7 Å². The molecule has 0 amide bonds. The van der Waals surface area contributed by atoms with Crippen LogP contribution in [0.4, 0.5) is 5.82 Å². The molecule has 4 heterocycles. The summed E-state index contributed by atoms with van der Waals surface area (Å²) < 4.78 is 6.76. The first-order valence-electron chi connectivity index (χ1n) is 11.4. The number of nitrogens with zero attached hydrogens (tertiary/aromatic N) is 4. The normalized spacial score (nSPS) is 13.1. The lowest BCUT2D eigenvalue weighted by atomic mass is 10.0. The lowest BCUT2D eigenvalue weighted by molar-refractivity contribution is 0.301. The van der Waals surface area contributed by atoms with Gasteiger partial charge in [-0.05, 0) is 54.3 Å². The molecular formula is C26H24N4O2S2. The van der Waals surface area contributed by atoms with Crippen molar-refractivity contribution in [2.24, 2.45) is 0 Å². The van der Waals surface area contributed by atoms with Crippen LogP contribution in [0.2, 0.25) is 0 Å². The molecule has 0 aliphatic heterocycles. The Bertz CT molecular complexity index is 1470. The highest BCUT2D eigenvalue weighted by atomic mass is 32.2. The third-order valence-electron chi connectivity index (χ3n) is 6.32. The summed E-state index contributed by atoms with van der Waals surface area (Å²) in [5.41, 5.74) is 5.73. The number of rotatable bonds is 7. The molecular weight excluding hydrogens is 464 g/mol. The zero-order valence-corrected chi connectivity index (χ0v) is 20.5. The van der Waals surface area contributed by atoms with E-state index < -0.39 is 0 Å². The number of hydrogen-bond donors (Lipinski definition) is 1. The van der Waals surface area contributed by atoms with Gasteiger partial charge in [-0.1, -0.05) is 42.1 Å². The van der Waals surface area contributed by atoms with Crippen molar-refractivity contribution in [2.45, 2.75) is 31.0 Å². The molecule has 8 heteroatoms. The molecule has 6 nitrogen and oxygen atoms in total. The number of fused-ring (bicyclic) bond motifs is 5. The van der Waals surface area contributed by atoms with Crippen LogP contribution in [0.1, 0.15) is 23.1 Å². The van der Waals surface area contributed by atoms with Crippen LogP contribution in [0.15, 0.2) is 58.3 Å². The van der Waals surface area contributed by atoms with Crippen LogP contribution in [0, 0.1) is 0 Å². The van der Waals surface area contributed by atoms with Gasteiger partial charge in [0.15, 0.2) is 16.7 Å². The minimum Gasteiger partial charge on any atom is -0.463 e. The molecule has 0 atom stereocenters. The molecule has 0 unspecified atom stereocenters. The Morgan fingerprint density at radius 2 is 1.91 bits per heavy atom. The second-order valence-corrected chi connectivity index (χ2v) is 10.1. The van der Waals surface area contributed by atoms with Crippen LogP contribution >= 0.6 is 23.1 Å². The number of aromatic nitrogens is 3. The molecule has 0 spiro atoms. The molecule has 0 saturated heterocycles. The molecule has 6 rings (SSSR count). The summed E-state index contributed by atoms with van der Waals surface area (Å²) in [5.74, 6) is 1.68. The van der Waals surface area contributed by atoms with Crippen molar-refractivity contribution in [1.29, 1.82) is 0 Å². The summed E-state index contributed by atoms with van der Waals surface area (Å²) in [5, 5.41) is 11.8. The van der Waals surface area contributed by atoms with E-state index in [1.807, 2.05) is 36.6 Å². The highest BCUT2D eigenvalue weighted by molar-refractivity contribution is 7.98. The number of aliphatic hydroxyl groups excluding tert-OH is 1. The highest BCUT2D eigenvalue weighted by Gasteiger charge is 2.27. The van der Waals surface area contributed by atoms with E-state index in [1.54, 1.807) is 29.4 Å². The maximum atomic E-state index is 9.87. The van der Waals surface area contributed by atoms with Gasteiger partial charge < -0.3 is 14.4 Å². The number of thioether (sulfide) groups is 1. The van der Waals surface area contributed by atoms with E-state index in [4.69, 9.17) is 19.4 Å². The fraction of sp³-hybridized carbons (Fsp3) is 0.269. The number of pyridine rings is 1. The Hall–Kier alpha value is -2.94. The minimum atomic E-state index is 0.0497. The Labute approximate surface area is 205 Å². The first-order chi connectivity index (χ1) is 16.8. The van der Waals surface area contributed by atoms with E-state index in [0.717, 1.165) is 62.1 Å². The molecule has 0 fully saturated rings. The molecule has 1 aromatic carbocycles. The molecule has 4 aromatic heterocycles. The standard InChI is InChI=1S/C26H24N4O2S2/c1-33-26-28-22-20-17-9-5-10-18(17)21(19-11-6-14-32-19)27-25(20)34-23(22)24(29-26)30(12-13-31)15-16-7-3-2-4-8-16/h2-4,6-8,11,14,31H,5,9-10,12-13,15H2,1H3. The van der Waals surface area contributed by atoms with Crippen molar-refractivity contribution in [1.82, 2.24) is 15.0 Å². The van der Waals surface area contributed by atoms with E-state index in [-0.39, 0.29) is 6.61 Å². The smallest absolute Gasteiger partial charge is 0.189 e. The van der Waals surface area contributed by atoms with Crippen LogP contribution < -0.4 is 4.90 Å². The summed E-state index contributed by atoms with van der Waals surface area (Å²) in [4.78, 5) is 18.1. The maximum Gasteiger partial charge on any atom is 0.189 e. The predicted molar refractivity (Wildman–Crippen MR) is 139 cm³/mol. The third kappa shape index (κ3) is 3.66. The maximum absolute atomic E-state index is 9.87. The summed E-state index contributed by atoms with van der Waals surface area (Å²) in [6.07, 6.45) is 6.85. The molecule has 34 heavy (non-hydrogen) atoms. The summed E-state index contributed by atoms with van der Waals surface area (Å²) in [6.45, 7) is 1.21. The number of aliphatic hydroxyl groups is 1. The summed E-state index contributed by atoms with van der Waals surface area (Å²) in [6, 6.07) is 14.2. The molecule has 5 aromatic rings. The number of thiophene rings is 1. The molecule has 172 valence electrons. The Morgan fingerprint density at radius 3 is 2.68 bits per heavy atom. The number of aryl methyl sites for hydroxylation is 1.